The maximum atomic E-state index is 6.36. The molecule has 112 valence electrons. The molecule has 0 aromatic heterocycles. The van der Waals surface area contributed by atoms with Crippen molar-refractivity contribution in [1.82, 2.24) is 5.32 Å². The largest absolute Gasteiger partial charge is 0.365 e. The molecule has 1 aromatic rings. The standard InChI is InChI=1S/C18H29NO/c1-5-10-18(4)13-19-12-17(20-18)16-8-6-15(7-9-16)11-14(2)3/h6-9,14,17,19H,5,10-13H2,1-4H3. The van der Waals surface area contributed by atoms with Gasteiger partial charge in [-0.25, -0.2) is 0 Å². The zero-order valence-electron chi connectivity index (χ0n) is 13.4. The van der Waals surface area contributed by atoms with Crippen molar-refractivity contribution in [3.05, 3.63) is 35.4 Å². The average Bonchev–Trinajstić information content (AvgIpc) is 2.39. The van der Waals surface area contributed by atoms with E-state index in [-0.39, 0.29) is 11.7 Å². The summed E-state index contributed by atoms with van der Waals surface area (Å²) in [5.41, 5.74) is 2.70. The highest BCUT2D eigenvalue weighted by Crippen LogP contribution is 2.30. The van der Waals surface area contributed by atoms with Crippen molar-refractivity contribution in [3.8, 4) is 0 Å². The van der Waals surface area contributed by atoms with Crippen molar-refractivity contribution in [2.24, 2.45) is 5.92 Å². The molecule has 2 heteroatoms. The lowest BCUT2D eigenvalue weighted by molar-refractivity contribution is -0.112. The summed E-state index contributed by atoms with van der Waals surface area (Å²) in [6, 6.07) is 8.98. The lowest BCUT2D eigenvalue weighted by Crippen LogP contribution is -2.48. The summed E-state index contributed by atoms with van der Waals surface area (Å²) in [6.07, 6.45) is 3.62. The molecule has 1 fully saturated rings. The molecule has 2 atom stereocenters. The number of rotatable bonds is 5. The molecule has 1 aliphatic rings. The first kappa shape index (κ1) is 15.5. The third kappa shape index (κ3) is 4.07. The fourth-order valence-corrected chi connectivity index (χ4v) is 3.10. The molecule has 0 amide bonds. The summed E-state index contributed by atoms with van der Waals surface area (Å²) >= 11 is 0. The smallest absolute Gasteiger partial charge is 0.0957 e. The molecule has 2 nitrogen and oxygen atoms in total. The van der Waals surface area contributed by atoms with Gasteiger partial charge in [-0.2, -0.15) is 0 Å². The zero-order valence-corrected chi connectivity index (χ0v) is 13.4. The molecule has 2 rings (SSSR count). The van der Waals surface area contributed by atoms with E-state index in [0.29, 0.717) is 5.92 Å². The number of ether oxygens (including phenoxy) is 1. The van der Waals surface area contributed by atoms with Gasteiger partial charge in [0.2, 0.25) is 0 Å². The van der Waals surface area contributed by atoms with Crippen LogP contribution in [-0.2, 0) is 11.2 Å². The van der Waals surface area contributed by atoms with Crippen molar-refractivity contribution in [2.75, 3.05) is 13.1 Å². The summed E-state index contributed by atoms with van der Waals surface area (Å²) in [5, 5.41) is 3.53. The molecular weight excluding hydrogens is 246 g/mol. The van der Waals surface area contributed by atoms with Crippen LogP contribution in [0.3, 0.4) is 0 Å². The van der Waals surface area contributed by atoms with Gasteiger partial charge in [0, 0.05) is 13.1 Å². The fraction of sp³-hybridized carbons (Fsp3) is 0.667. The Morgan fingerprint density at radius 1 is 1.30 bits per heavy atom. The highest BCUT2D eigenvalue weighted by molar-refractivity contribution is 5.25. The van der Waals surface area contributed by atoms with Crippen molar-refractivity contribution in [3.63, 3.8) is 0 Å². The van der Waals surface area contributed by atoms with Crippen LogP contribution in [0.25, 0.3) is 0 Å². The van der Waals surface area contributed by atoms with Crippen molar-refractivity contribution in [1.29, 1.82) is 0 Å². The molecule has 1 aliphatic heterocycles. The average molecular weight is 275 g/mol. The van der Waals surface area contributed by atoms with Crippen LogP contribution in [0.4, 0.5) is 0 Å². The lowest BCUT2D eigenvalue weighted by atomic mass is 9.95. The van der Waals surface area contributed by atoms with E-state index in [9.17, 15) is 0 Å². The second-order valence-electron chi connectivity index (χ2n) is 6.78. The molecule has 0 bridgehead atoms. The molecule has 0 spiro atoms. The van der Waals surface area contributed by atoms with E-state index in [4.69, 9.17) is 4.74 Å². The van der Waals surface area contributed by atoms with Crippen LogP contribution in [-0.4, -0.2) is 18.7 Å². The van der Waals surface area contributed by atoms with E-state index >= 15 is 0 Å². The van der Waals surface area contributed by atoms with Crippen molar-refractivity contribution < 1.29 is 4.74 Å². The number of nitrogens with one attached hydrogen (secondary N) is 1. The molecule has 1 aromatic carbocycles. The molecule has 0 radical (unpaired) electrons. The Kier molecular flexibility index (Phi) is 5.22. The van der Waals surface area contributed by atoms with Gasteiger partial charge in [0.1, 0.15) is 0 Å². The second-order valence-corrected chi connectivity index (χ2v) is 6.78. The van der Waals surface area contributed by atoms with Gasteiger partial charge < -0.3 is 10.1 Å². The zero-order chi connectivity index (χ0) is 14.6. The first-order valence-electron chi connectivity index (χ1n) is 8.00. The van der Waals surface area contributed by atoms with Crippen LogP contribution in [0.15, 0.2) is 24.3 Å². The maximum Gasteiger partial charge on any atom is 0.0957 e. The fourth-order valence-electron chi connectivity index (χ4n) is 3.10. The van der Waals surface area contributed by atoms with E-state index < -0.39 is 0 Å². The minimum atomic E-state index is -0.0196. The number of benzene rings is 1. The van der Waals surface area contributed by atoms with Crippen molar-refractivity contribution in [2.45, 2.75) is 58.7 Å². The van der Waals surface area contributed by atoms with E-state index in [1.54, 1.807) is 0 Å². The van der Waals surface area contributed by atoms with Crippen LogP contribution in [0.5, 0.6) is 0 Å². The predicted octanol–water partition coefficient (Wildman–Crippen LogP) is 4.10. The second kappa shape index (κ2) is 6.73. The van der Waals surface area contributed by atoms with Gasteiger partial charge in [0.05, 0.1) is 11.7 Å². The summed E-state index contributed by atoms with van der Waals surface area (Å²) < 4.78 is 6.36. The first-order valence-corrected chi connectivity index (χ1v) is 8.00. The Hall–Kier alpha value is -0.860. The Bertz CT molecular complexity index is 408. The molecule has 1 saturated heterocycles. The SMILES string of the molecule is CCCC1(C)CNCC(c2ccc(CC(C)C)cc2)O1. The van der Waals surface area contributed by atoms with Gasteiger partial charge >= 0.3 is 0 Å². The van der Waals surface area contributed by atoms with Crippen LogP contribution >= 0.6 is 0 Å². The molecule has 1 N–H and O–H groups in total. The summed E-state index contributed by atoms with van der Waals surface area (Å²) in [6.45, 7) is 10.9. The van der Waals surface area contributed by atoms with E-state index in [1.807, 2.05) is 0 Å². The first-order chi connectivity index (χ1) is 9.52. The normalized spacial score (nSPS) is 26.9. The molecule has 2 unspecified atom stereocenters. The quantitative estimate of drug-likeness (QED) is 0.873. The van der Waals surface area contributed by atoms with Crippen LogP contribution in [0.1, 0.15) is 57.8 Å². The molecular formula is C18H29NO. The lowest BCUT2D eigenvalue weighted by Gasteiger charge is -2.39. The minimum absolute atomic E-state index is 0.0196. The predicted molar refractivity (Wildman–Crippen MR) is 85.0 cm³/mol. The van der Waals surface area contributed by atoms with Gasteiger partial charge in [0.15, 0.2) is 0 Å². The Morgan fingerprint density at radius 3 is 2.60 bits per heavy atom. The summed E-state index contributed by atoms with van der Waals surface area (Å²) in [4.78, 5) is 0. The minimum Gasteiger partial charge on any atom is -0.365 e. The molecule has 0 aliphatic carbocycles. The van der Waals surface area contributed by atoms with Crippen LogP contribution in [0, 0.1) is 5.92 Å². The van der Waals surface area contributed by atoms with Gasteiger partial charge in [-0.05, 0) is 36.8 Å². The topological polar surface area (TPSA) is 21.3 Å². The van der Waals surface area contributed by atoms with Gasteiger partial charge in [0.25, 0.3) is 0 Å². The van der Waals surface area contributed by atoms with E-state index in [1.165, 1.54) is 11.1 Å². The number of morpholine rings is 1. The Morgan fingerprint density at radius 2 is 2.00 bits per heavy atom. The third-order valence-electron chi connectivity index (χ3n) is 4.03. The Balaban J connectivity index is 2.03. The summed E-state index contributed by atoms with van der Waals surface area (Å²) in [5.74, 6) is 0.710. The highest BCUT2D eigenvalue weighted by Gasteiger charge is 2.32. The molecule has 1 heterocycles. The third-order valence-corrected chi connectivity index (χ3v) is 4.03. The number of hydrogen-bond donors (Lipinski definition) is 1. The van der Waals surface area contributed by atoms with E-state index in [2.05, 4.69) is 57.3 Å². The van der Waals surface area contributed by atoms with Gasteiger partial charge in [-0.15, -0.1) is 0 Å². The van der Waals surface area contributed by atoms with Crippen molar-refractivity contribution >= 4 is 0 Å². The van der Waals surface area contributed by atoms with Gasteiger partial charge in [-0.3, -0.25) is 0 Å². The van der Waals surface area contributed by atoms with Gasteiger partial charge in [-0.1, -0.05) is 51.5 Å². The number of hydrogen-bond acceptors (Lipinski definition) is 2. The Labute approximate surface area is 123 Å². The van der Waals surface area contributed by atoms with E-state index in [0.717, 1.165) is 32.4 Å². The summed E-state index contributed by atoms with van der Waals surface area (Å²) in [7, 11) is 0. The monoisotopic (exact) mass is 275 g/mol. The van der Waals surface area contributed by atoms with Crippen LogP contribution in [0.2, 0.25) is 0 Å². The van der Waals surface area contributed by atoms with Crippen LogP contribution < -0.4 is 5.32 Å². The molecule has 20 heavy (non-hydrogen) atoms. The maximum absolute atomic E-state index is 6.36. The highest BCUT2D eigenvalue weighted by atomic mass is 16.5. The molecule has 0 saturated carbocycles.